The highest BCUT2D eigenvalue weighted by atomic mass is 32.2. The molecule has 2 bridgehead atoms. The number of aliphatic carboxylic acids is 1. The number of nitrogens with zero attached hydrogens (tertiary/aromatic N) is 4. The van der Waals surface area contributed by atoms with E-state index in [2.05, 4.69) is 33.1 Å². The Bertz CT molecular complexity index is 1020. The van der Waals surface area contributed by atoms with Crippen LogP contribution < -0.4 is 4.90 Å². The molecule has 2 unspecified atom stereocenters. The van der Waals surface area contributed by atoms with Gasteiger partial charge in [0.25, 0.3) is 0 Å². The van der Waals surface area contributed by atoms with Crippen LogP contribution in [0.3, 0.4) is 0 Å². The van der Waals surface area contributed by atoms with E-state index < -0.39 is 5.97 Å². The fraction of sp³-hybridized carbons (Fsp3) is 0.478. The summed E-state index contributed by atoms with van der Waals surface area (Å²) in [5, 5.41) is 10.1. The molecule has 1 saturated carbocycles. The van der Waals surface area contributed by atoms with Crippen molar-refractivity contribution in [2.75, 3.05) is 18.0 Å². The number of rotatable bonds is 4. The maximum atomic E-state index is 12.5. The first-order chi connectivity index (χ1) is 15.0. The lowest BCUT2D eigenvalue weighted by atomic mass is 9.67. The molecule has 1 amide bonds. The molecule has 2 fully saturated rings. The van der Waals surface area contributed by atoms with Crippen LogP contribution in [0, 0.1) is 17.8 Å². The second kappa shape index (κ2) is 8.24. The summed E-state index contributed by atoms with van der Waals surface area (Å²) >= 11 is 1.54. The summed E-state index contributed by atoms with van der Waals surface area (Å²) in [5.41, 5.74) is 2.02. The van der Waals surface area contributed by atoms with E-state index in [9.17, 15) is 14.7 Å². The largest absolute Gasteiger partial charge is 0.481 e. The summed E-state index contributed by atoms with van der Waals surface area (Å²) in [7, 11) is 0. The number of hydrogen-bond acceptors (Lipinski definition) is 6. The molecule has 162 valence electrons. The Morgan fingerprint density at radius 3 is 2.61 bits per heavy atom. The molecule has 1 saturated heterocycles. The number of fused-ring (bicyclic) bond motifs is 4. The third kappa shape index (κ3) is 3.94. The van der Waals surface area contributed by atoms with Gasteiger partial charge in [-0.25, -0.2) is 9.97 Å². The predicted molar refractivity (Wildman–Crippen MR) is 117 cm³/mol. The quantitative estimate of drug-likeness (QED) is 0.773. The van der Waals surface area contributed by atoms with Crippen LogP contribution in [0.5, 0.6) is 0 Å². The summed E-state index contributed by atoms with van der Waals surface area (Å²) in [6, 6.07) is 6.30. The Morgan fingerprint density at radius 1 is 1.16 bits per heavy atom. The van der Waals surface area contributed by atoms with E-state index in [4.69, 9.17) is 0 Å². The SMILES string of the molecule is CC(=O)N1c2cc(CN3CC4CCCC(C3)C4CC(=O)O)ccc2Sc2nccnc21. The summed E-state index contributed by atoms with van der Waals surface area (Å²) < 4.78 is 0. The average molecular weight is 439 g/mol. The van der Waals surface area contributed by atoms with Crippen LogP contribution in [0.4, 0.5) is 11.5 Å². The highest BCUT2D eigenvalue weighted by Crippen LogP contribution is 2.47. The minimum Gasteiger partial charge on any atom is -0.481 e. The lowest BCUT2D eigenvalue weighted by Crippen LogP contribution is -2.48. The molecular formula is C23H26N4O3S. The van der Waals surface area contributed by atoms with Gasteiger partial charge in [0.2, 0.25) is 5.91 Å². The average Bonchev–Trinajstić information content (AvgIpc) is 2.72. The van der Waals surface area contributed by atoms with E-state index in [1.807, 2.05) is 0 Å². The molecule has 8 heteroatoms. The van der Waals surface area contributed by atoms with Crippen LogP contribution in [0.1, 0.15) is 38.2 Å². The van der Waals surface area contributed by atoms with E-state index in [0.717, 1.165) is 53.6 Å². The van der Waals surface area contributed by atoms with Gasteiger partial charge in [0.15, 0.2) is 5.82 Å². The molecule has 1 aromatic heterocycles. The standard InChI is InChI=1S/C23H26N4O3S/c1-14(28)27-19-9-15(5-6-20(19)31-23-22(27)24-7-8-25-23)11-26-12-16-3-2-4-17(13-26)18(16)10-21(29)30/h5-9,16-18H,2-4,10-13H2,1H3,(H,29,30). The number of aromatic nitrogens is 2. The second-order valence-corrected chi connectivity index (χ2v) is 9.88. The van der Waals surface area contributed by atoms with Crippen LogP contribution in [0.2, 0.25) is 0 Å². The van der Waals surface area contributed by atoms with Crippen molar-refractivity contribution in [2.45, 2.75) is 49.1 Å². The van der Waals surface area contributed by atoms with Crippen molar-refractivity contribution in [3.8, 4) is 0 Å². The molecule has 3 aliphatic rings. The maximum Gasteiger partial charge on any atom is 0.303 e. The number of likely N-dealkylation sites (tertiary alicyclic amines) is 1. The van der Waals surface area contributed by atoms with Gasteiger partial charge in [-0.05, 0) is 48.3 Å². The topological polar surface area (TPSA) is 86.6 Å². The van der Waals surface area contributed by atoms with E-state index in [1.165, 1.54) is 6.42 Å². The number of amides is 1. The van der Waals surface area contributed by atoms with E-state index in [-0.39, 0.29) is 5.91 Å². The van der Waals surface area contributed by atoms with Crippen LogP contribution in [-0.2, 0) is 16.1 Å². The van der Waals surface area contributed by atoms with Crippen LogP contribution in [0.15, 0.2) is 40.5 Å². The third-order valence-corrected chi connectivity index (χ3v) is 7.85. The fourth-order valence-corrected chi connectivity index (χ4v) is 6.52. The molecule has 3 heterocycles. The zero-order valence-corrected chi connectivity index (χ0v) is 18.3. The van der Waals surface area contributed by atoms with Crippen LogP contribution in [-0.4, -0.2) is 44.9 Å². The molecule has 1 aromatic carbocycles. The molecule has 1 N–H and O–H groups in total. The van der Waals surface area contributed by atoms with Gasteiger partial charge >= 0.3 is 5.97 Å². The first kappa shape index (κ1) is 20.5. The van der Waals surface area contributed by atoms with Gasteiger partial charge in [0.1, 0.15) is 5.03 Å². The highest BCUT2D eigenvalue weighted by Gasteiger charge is 2.40. The Hall–Kier alpha value is -2.45. The molecule has 1 aliphatic carbocycles. The summed E-state index contributed by atoms with van der Waals surface area (Å²) in [6.07, 6.45) is 7.02. The predicted octanol–water partition coefficient (Wildman–Crippen LogP) is 3.95. The number of carbonyl (C=O) groups excluding carboxylic acids is 1. The molecule has 2 aliphatic heterocycles. The van der Waals surface area contributed by atoms with Crippen LogP contribution in [0.25, 0.3) is 0 Å². The van der Waals surface area contributed by atoms with Crippen molar-refractivity contribution in [1.82, 2.24) is 14.9 Å². The van der Waals surface area contributed by atoms with Crippen molar-refractivity contribution in [3.63, 3.8) is 0 Å². The van der Waals surface area contributed by atoms with Crippen molar-refractivity contribution < 1.29 is 14.7 Å². The van der Waals surface area contributed by atoms with Crippen molar-refractivity contribution in [2.24, 2.45) is 17.8 Å². The Morgan fingerprint density at radius 2 is 1.90 bits per heavy atom. The molecule has 0 spiro atoms. The Balaban J connectivity index is 1.37. The van der Waals surface area contributed by atoms with Gasteiger partial charge in [-0.2, -0.15) is 0 Å². The monoisotopic (exact) mass is 438 g/mol. The molecular weight excluding hydrogens is 412 g/mol. The minimum atomic E-state index is -0.671. The molecule has 31 heavy (non-hydrogen) atoms. The Labute approximate surface area is 185 Å². The first-order valence-electron chi connectivity index (χ1n) is 10.9. The van der Waals surface area contributed by atoms with Gasteiger partial charge in [0.05, 0.1) is 5.69 Å². The van der Waals surface area contributed by atoms with Gasteiger partial charge < -0.3 is 5.11 Å². The molecule has 2 atom stereocenters. The van der Waals surface area contributed by atoms with Crippen LogP contribution >= 0.6 is 11.8 Å². The second-order valence-electron chi connectivity index (χ2n) is 8.85. The lowest BCUT2D eigenvalue weighted by Gasteiger charge is -2.47. The van der Waals surface area contributed by atoms with Crippen molar-refractivity contribution >= 4 is 35.1 Å². The lowest BCUT2D eigenvalue weighted by molar-refractivity contribution is -0.140. The van der Waals surface area contributed by atoms with Gasteiger partial charge in [-0.3, -0.25) is 19.4 Å². The normalized spacial score (nSPS) is 24.9. The zero-order valence-electron chi connectivity index (χ0n) is 17.5. The smallest absolute Gasteiger partial charge is 0.303 e. The number of carboxylic acid groups (broad SMARTS) is 1. The number of anilines is 2. The summed E-state index contributed by atoms with van der Waals surface area (Å²) in [5.74, 6) is 1.08. The summed E-state index contributed by atoms with van der Waals surface area (Å²) in [6.45, 7) is 4.26. The zero-order chi connectivity index (χ0) is 21.5. The Kier molecular flexibility index (Phi) is 5.44. The minimum absolute atomic E-state index is 0.0792. The number of hydrogen-bond donors (Lipinski definition) is 1. The van der Waals surface area contributed by atoms with E-state index in [0.29, 0.717) is 30.0 Å². The third-order valence-electron chi connectivity index (χ3n) is 6.81. The highest BCUT2D eigenvalue weighted by molar-refractivity contribution is 7.99. The number of piperidine rings is 1. The van der Waals surface area contributed by atoms with E-state index >= 15 is 0 Å². The molecule has 2 aromatic rings. The number of carbonyl (C=O) groups is 2. The number of carboxylic acids is 1. The van der Waals surface area contributed by atoms with Gasteiger partial charge in [0, 0.05) is 50.3 Å². The van der Waals surface area contributed by atoms with E-state index in [1.54, 1.807) is 36.0 Å². The van der Waals surface area contributed by atoms with Crippen molar-refractivity contribution in [1.29, 1.82) is 0 Å². The molecule has 7 nitrogen and oxygen atoms in total. The van der Waals surface area contributed by atoms with Gasteiger partial charge in [-0.1, -0.05) is 24.2 Å². The van der Waals surface area contributed by atoms with Crippen molar-refractivity contribution in [3.05, 3.63) is 36.2 Å². The fourth-order valence-electron chi connectivity index (χ4n) is 5.57. The van der Waals surface area contributed by atoms with Gasteiger partial charge in [-0.15, -0.1) is 0 Å². The molecule has 0 radical (unpaired) electrons. The number of benzene rings is 1. The summed E-state index contributed by atoms with van der Waals surface area (Å²) in [4.78, 5) is 37.7. The molecule has 5 rings (SSSR count). The maximum absolute atomic E-state index is 12.5. The first-order valence-corrected chi connectivity index (χ1v) is 11.7.